The van der Waals surface area contributed by atoms with Gasteiger partial charge >= 0.3 is 5.97 Å². The third kappa shape index (κ3) is 7.73. The molecule has 1 heterocycles. The van der Waals surface area contributed by atoms with Crippen LogP contribution in [0.1, 0.15) is 45.1 Å². The molecule has 2 aliphatic rings. The number of aliphatic hydroxyl groups excluding tert-OH is 4. The number of aliphatic hydroxyl groups is 4. The van der Waals surface area contributed by atoms with E-state index in [0.29, 0.717) is 12.4 Å². The number of carbonyl (C=O) groups excluding carboxylic acids is 1. The number of hydrogen-bond acceptors (Lipinski definition) is 9. The second-order valence-corrected chi connectivity index (χ2v) is 9.30. The average molecular weight is 495 g/mol. The molecule has 3 rings (SSSR count). The molecule has 2 fully saturated rings. The number of rotatable bonds is 10. The maximum atomic E-state index is 11.5. The zero-order chi connectivity index (χ0) is 25.4. The van der Waals surface area contributed by atoms with Crippen LogP contribution in [0.3, 0.4) is 0 Å². The van der Waals surface area contributed by atoms with E-state index >= 15 is 0 Å². The molecule has 0 aromatic heterocycles. The number of hydrogen-bond donors (Lipinski definition) is 4. The van der Waals surface area contributed by atoms with E-state index in [2.05, 4.69) is 0 Å². The van der Waals surface area contributed by atoms with Gasteiger partial charge in [-0.3, -0.25) is 0 Å². The summed E-state index contributed by atoms with van der Waals surface area (Å²) in [5, 5.41) is 39.8. The van der Waals surface area contributed by atoms with E-state index < -0.39 is 37.3 Å². The first-order valence-electron chi connectivity index (χ1n) is 12.3. The predicted octanol–water partition coefficient (Wildman–Crippen LogP) is 1.49. The van der Waals surface area contributed by atoms with Crippen molar-refractivity contribution in [3.05, 3.63) is 41.5 Å². The Kier molecular flexibility index (Phi) is 10.5. The highest BCUT2D eigenvalue weighted by Crippen LogP contribution is 2.33. The van der Waals surface area contributed by atoms with Crippen molar-refractivity contribution in [2.75, 3.05) is 19.8 Å². The Morgan fingerprint density at radius 2 is 1.80 bits per heavy atom. The molecule has 0 radical (unpaired) electrons. The maximum Gasteiger partial charge on any atom is 0.330 e. The average Bonchev–Trinajstić information content (AvgIpc) is 2.85. The van der Waals surface area contributed by atoms with Crippen LogP contribution in [-0.4, -0.2) is 83.0 Å². The molecule has 0 amide bonds. The lowest BCUT2D eigenvalue weighted by Gasteiger charge is -2.42. The van der Waals surface area contributed by atoms with Crippen molar-refractivity contribution in [2.24, 2.45) is 5.92 Å². The molecular formula is C26H38O9. The van der Waals surface area contributed by atoms with E-state index in [1.807, 2.05) is 31.2 Å². The molecule has 35 heavy (non-hydrogen) atoms. The second kappa shape index (κ2) is 13.3. The highest BCUT2D eigenvalue weighted by Gasteiger charge is 2.45. The van der Waals surface area contributed by atoms with Gasteiger partial charge in [0.15, 0.2) is 6.29 Å². The monoisotopic (exact) mass is 494 g/mol. The summed E-state index contributed by atoms with van der Waals surface area (Å²) >= 11 is 0. The first kappa shape index (κ1) is 27.6. The molecule has 0 spiro atoms. The van der Waals surface area contributed by atoms with Crippen molar-refractivity contribution in [1.82, 2.24) is 0 Å². The van der Waals surface area contributed by atoms with Crippen molar-refractivity contribution in [2.45, 2.75) is 82.8 Å². The number of esters is 1. The summed E-state index contributed by atoms with van der Waals surface area (Å²) in [6.45, 7) is 3.71. The largest absolute Gasteiger partial charge is 0.489 e. The third-order valence-corrected chi connectivity index (χ3v) is 6.54. The standard InChI is InChI=1S/C26H38O9/c1-3-32-22(28)12-16(2)15-33-19-10-8-17(9-11-19)13-18-6-4-5-7-20(18)34-26-25(31)24(30)23(29)21(14-27)35-26/h8-12,18,20-21,23-27,29-31H,3-7,13-15H2,1-2H3/b16-12+/t18-,20+,21-,23-,24+,25-,26-/m1/s1. The van der Waals surface area contributed by atoms with Crippen LogP contribution < -0.4 is 4.74 Å². The van der Waals surface area contributed by atoms with Crippen LogP contribution in [0.15, 0.2) is 35.9 Å². The second-order valence-electron chi connectivity index (χ2n) is 9.30. The van der Waals surface area contributed by atoms with Crippen molar-refractivity contribution in [3.63, 3.8) is 0 Å². The lowest BCUT2D eigenvalue weighted by Crippen LogP contribution is -2.60. The minimum absolute atomic E-state index is 0.184. The van der Waals surface area contributed by atoms with Crippen LogP contribution in [0.4, 0.5) is 0 Å². The Balaban J connectivity index is 1.56. The first-order valence-corrected chi connectivity index (χ1v) is 12.3. The zero-order valence-electron chi connectivity index (χ0n) is 20.4. The highest BCUT2D eigenvalue weighted by molar-refractivity contribution is 5.82. The summed E-state index contributed by atoms with van der Waals surface area (Å²) in [6.07, 6.45) is -0.507. The van der Waals surface area contributed by atoms with Gasteiger partial charge in [0.05, 0.1) is 19.3 Å². The fourth-order valence-electron chi connectivity index (χ4n) is 4.59. The number of ether oxygens (including phenoxy) is 4. The lowest BCUT2D eigenvalue weighted by atomic mass is 9.82. The molecule has 9 heteroatoms. The van der Waals surface area contributed by atoms with E-state index in [4.69, 9.17) is 18.9 Å². The first-order chi connectivity index (χ1) is 16.8. The van der Waals surface area contributed by atoms with E-state index in [9.17, 15) is 25.2 Å². The van der Waals surface area contributed by atoms with Crippen LogP contribution >= 0.6 is 0 Å². The molecule has 0 bridgehead atoms. The Morgan fingerprint density at radius 3 is 2.49 bits per heavy atom. The molecule has 1 saturated heterocycles. The zero-order valence-corrected chi connectivity index (χ0v) is 20.4. The van der Waals surface area contributed by atoms with Gasteiger partial charge in [0.1, 0.15) is 36.8 Å². The molecule has 1 aliphatic carbocycles. The number of carbonyl (C=O) groups is 1. The van der Waals surface area contributed by atoms with E-state index in [0.717, 1.165) is 43.2 Å². The molecular weight excluding hydrogens is 456 g/mol. The SMILES string of the molecule is CCOC(=O)/C=C(\C)COc1ccc(C[C@H]2CCCC[C@@H]2O[C@@H]2O[C@H](CO)[C@@H](O)[C@H](O)[C@H]2O)cc1. The quantitative estimate of drug-likeness (QED) is 0.282. The minimum atomic E-state index is -1.45. The van der Waals surface area contributed by atoms with Crippen LogP contribution in [0, 0.1) is 5.92 Å². The van der Waals surface area contributed by atoms with Crippen molar-refractivity contribution in [1.29, 1.82) is 0 Å². The molecule has 4 N–H and O–H groups in total. The molecule has 196 valence electrons. The highest BCUT2D eigenvalue weighted by atomic mass is 16.7. The maximum absolute atomic E-state index is 11.5. The van der Waals surface area contributed by atoms with Gasteiger partial charge in [-0.2, -0.15) is 0 Å². The fourth-order valence-corrected chi connectivity index (χ4v) is 4.59. The van der Waals surface area contributed by atoms with Crippen LogP contribution in [0.25, 0.3) is 0 Å². The van der Waals surface area contributed by atoms with Gasteiger partial charge in [-0.1, -0.05) is 25.0 Å². The summed E-state index contributed by atoms with van der Waals surface area (Å²) < 4.78 is 22.3. The summed E-state index contributed by atoms with van der Waals surface area (Å²) in [5.41, 5.74) is 1.88. The molecule has 1 aromatic rings. The normalized spacial score (nSPS) is 31.7. The van der Waals surface area contributed by atoms with E-state index in [1.54, 1.807) is 6.92 Å². The van der Waals surface area contributed by atoms with Gasteiger partial charge in [-0.05, 0) is 62.3 Å². The Bertz CT molecular complexity index is 823. The topological polar surface area (TPSA) is 135 Å². The van der Waals surface area contributed by atoms with Gasteiger partial charge in [0, 0.05) is 6.08 Å². The Hall–Kier alpha value is -2.01. The summed E-state index contributed by atoms with van der Waals surface area (Å²) in [4.78, 5) is 11.5. The van der Waals surface area contributed by atoms with E-state index in [-0.39, 0.29) is 24.6 Å². The van der Waals surface area contributed by atoms with Crippen molar-refractivity contribution < 1.29 is 44.2 Å². The Labute approximate surface area is 206 Å². The lowest BCUT2D eigenvalue weighted by molar-refractivity contribution is -0.316. The van der Waals surface area contributed by atoms with Crippen LogP contribution in [-0.2, 0) is 25.4 Å². The van der Waals surface area contributed by atoms with Gasteiger partial charge < -0.3 is 39.4 Å². The van der Waals surface area contributed by atoms with Gasteiger partial charge in [0.2, 0.25) is 0 Å². The molecule has 7 atom stereocenters. The van der Waals surface area contributed by atoms with Gasteiger partial charge in [-0.25, -0.2) is 4.79 Å². The van der Waals surface area contributed by atoms with Crippen molar-refractivity contribution in [3.8, 4) is 5.75 Å². The molecule has 1 aliphatic heterocycles. The van der Waals surface area contributed by atoms with Crippen LogP contribution in [0.5, 0.6) is 5.75 Å². The summed E-state index contributed by atoms with van der Waals surface area (Å²) in [7, 11) is 0. The summed E-state index contributed by atoms with van der Waals surface area (Å²) in [6, 6.07) is 7.78. The molecule has 1 aromatic carbocycles. The van der Waals surface area contributed by atoms with Gasteiger partial charge in [-0.15, -0.1) is 0 Å². The smallest absolute Gasteiger partial charge is 0.330 e. The van der Waals surface area contributed by atoms with E-state index in [1.165, 1.54) is 6.08 Å². The fraction of sp³-hybridized carbons (Fsp3) is 0.654. The molecule has 9 nitrogen and oxygen atoms in total. The predicted molar refractivity (Wildman–Crippen MR) is 127 cm³/mol. The third-order valence-electron chi connectivity index (χ3n) is 6.54. The van der Waals surface area contributed by atoms with Crippen molar-refractivity contribution >= 4 is 5.97 Å². The molecule has 1 saturated carbocycles. The van der Waals surface area contributed by atoms with Crippen LogP contribution in [0.2, 0.25) is 0 Å². The number of benzene rings is 1. The molecule has 0 unspecified atom stereocenters. The Morgan fingerprint density at radius 1 is 1.09 bits per heavy atom. The summed E-state index contributed by atoms with van der Waals surface area (Å²) in [5.74, 6) is 0.512. The minimum Gasteiger partial charge on any atom is -0.489 e. The van der Waals surface area contributed by atoms with Gasteiger partial charge in [0.25, 0.3) is 0 Å².